The first-order chi connectivity index (χ1) is 7.97. The fourth-order valence-electron chi connectivity index (χ4n) is 1.40. The molecule has 1 aromatic heterocycles. The number of rotatable bonds is 2. The van der Waals surface area contributed by atoms with Gasteiger partial charge in [0.05, 0.1) is 22.8 Å². The van der Waals surface area contributed by atoms with E-state index in [2.05, 4.69) is 31.2 Å². The Labute approximate surface area is 105 Å². The van der Waals surface area contributed by atoms with Crippen LogP contribution in [0, 0.1) is 0 Å². The molecule has 2 rings (SSSR count). The van der Waals surface area contributed by atoms with Crippen molar-refractivity contribution in [3.63, 3.8) is 0 Å². The van der Waals surface area contributed by atoms with Crippen molar-refractivity contribution in [2.24, 2.45) is 5.73 Å². The van der Waals surface area contributed by atoms with Gasteiger partial charge in [0.1, 0.15) is 0 Å². The van der Waals surface area contributed by atoms with E-state index in [1.165, 1.54) is 0 Å². The molecule has 7 heteroatoms. The van der Waals surface area contributed by atoms with E-state index in [-0.39, 0.29) is 11.6 Å². The van der Waals surface area contributed by atoms with E-state index in [1.807, 2.05) is 0 Å². The predicted octanol–water partition coefficient (Wildman–Crippen LogP) is 0.904. The van der Waals surface area contributed by atoms with Crippen LogP contribution < -0.4 is 16.7 Å². The van der Waals surface area contributed by atoms with E-state index in [4.69, 9.17) is 5.73 Å². The molecule has 1 atom stereocenters. The summed E-state index contributed by atoms with van der Waals surface area (Å²) < 4.78 is 0.675. The monoisotopic (exact) mass is 298 g/mol. The maximum atomic E-state index is 11.5. The predicted molar refractivity (Wildman–Crippen MR) is 68.9 cm³/mol. The summed E-state index contributed by atoms with van der Waals surface area (Å²) in [5, 5.41) is 2.66. The van der Waals surface area contributed by atoms with Crippen LogP contribution in [0.15, 0.2) is 21.4 Å². The molecule has 6 nitrogen and oxygen atoms in total. The zero-order valence-electron chi connectivity index (χ0n) is 9.00. The van der Waals surface area contributed by atoms with Crippen LogP contribution in [0.25, 0.3) is 11.0 Å². The molecule has 0 fully saturated rings. The zero-order chi connectivity index (χ0) is 12.6. The van der Waals surface area contributed by atoms with Crippen LogP contribution in [0.4, 0.5) is 5.69 Å². The van der Waals surface area contributed by atoms with Gasteiger partial charge in [0.2, 0.25) is 5.91 Å². The summed E-state index contributed by atoms with van der Waals surface area (Å²) in [5.74, 6) is -0.289. The van der Waals surface area contributed by atoms with Crippen molar-refractivity contribution >= 4 is 38.6 Å². The van der Waals surface area contributed by atoms with Crippen molar-refractivity contribution in [1.82, 2.24) is 9.97 Å². The topological polar surface area (TPSA) is 104 Å². The molecule has 2 aromatic rings. The largest absolute Gasteiger partial charge is 0.324 e. The number of hydrogen-bond acceptors (Lipinski definition) is 3. The number of amides is 1. The fourth-order valence-corrected chi connectivity index (χ4v) is 1.84. The van der Waals surface area contributed by atoms with Gasteiger partial charge in [-0.15, -0.1) is 0 Å². The second kappa shape index (κ2) is 4.34. The number of fused-ring (bicyclic) bond motifs is 1. The molecule has 0 radical (unpaired) electrons. The van der Waals surface area contributed by atoms with Crippen LogP contribution in [0.2, 0.25) is 0 Å². The lowest BCUT2D eigenvalue weighted by molar-refractivity contribution is -0.117. The number of halogens is 1. The highest BCUT2D eigenvalue weighted by molar-refractivity contribution is 9.10. The van der Waals surface area contributed by atoms with E-state index in [0.717, 1.165) is 0 Å². The van der Waals surface area contributed by atoms with Gasteiger partial charge in [0.15, 0.2) is 0 Å². The maximum Gasteiger partial charge on any atom is 0.323 e. The number of carbonyl (C=O) groups excluding carboxylic acids is 1. The normalized spacial score (nSPS) is 12.6. The van der Waals surface area contributed by atoms with Crippen LogP contribution in [0.1, 0.15) is 6.92 Å². The molecule has 1 heterocycles. The molecule has 0 saturated heterocycles. The van der Waals surface area contributed by atoms with Crippen molar-refractivity contribution in [3.05, 3.63) is 27.1 Å². The third kappa shape index (κ3) is 2.40. The highest BCUT2D eigenvalue weighted by atomic mass is 79.9. The number of carbonyl (C=O) groups is 1. The maximum absolute atomic E-state index is 11.5. The molecular weight excluding hydrogens is 288 g/mol. The highest BCUT2D eigenvalue weighted by Gasteiger charge is 2.11. The average molecular weight is 299 g/mol. The SMILES string of the molecule is C[C@@H](N)C(=O)Nc1cc2[nH]c(=O)[nH]c2cc1Br. The molecule has 0 bridgehead atoms. The number of aromatic nitrogens is 2. The van der Waals surface area contributed by atoms with Crippen molar-refractivity contribution in [2.75, 3.05) is 5.32 Å². The molecule has 0 unspecified atom stereocenters. The lowest BCUT2D eigenvalue weighted by atomic mass is 10.2. The molecule has 0 aliphatic rings. The highest BCUT2D eigenvalue weighted by Crippen LogP contribution is 2.26. The third-order valence-electron chi connectivity index (χ3n) is 2.28. The Morgan fingerprint density at radius 3 is 2.59 bits per heavy atom. The average Bonchev–Trinajstić information content (AvgIpc) is 2.57. The van der Waals surface area contributed by atoms with Crippen molar-refractivity contribution in [1.29, 1.82) is 0 Å². The second-order valence-electron chi connectivity index (χ2n) is 3.73. The van der Waals surface area contributed by atoms with Gasteiger partial charge in [-0.2, -0.15) is 0 Å². The minimum atomic E-state index is -0.595. The summed E-state index contributed by atoms with van der Waals surface area (Å²) >= 11 is 3.31. The van der Waals surface area contributed by atoms with E-state index in [9.17, 15) is 9.59 Å². The van der Waals surface area contributed by atoms with Crippen LogP contribution in [0.5, 0.6) is 0 Å². The Bertz CT molecular complexity index is 629. The molecule has 0 aliphatic carbocycles. The second-order valence-corrected chi connectivity index (χ2v) is 4.59. The first-order valence-corrected chi connectivity index (χ1v) is 5.74. The lowest BCUT2D eigenvalue weighted by Crippen LogP contribution is -2.32. The van der Waals surface area contributed by atoms with Crippen LogP contribution in [-0.2, 0) is 4.79 Å². The minimum Gasteiger partial charge on any atom is -0.324 e. The molecular formula is C10H11BrN4O2. The summed E-state index contributed by atoms with van der Waals surface area (Å²) in [6.07, 6.45) is 0. The first kappa shape index (κ1) is 11.9. The molecule has 0 spiro atoms. The number of benzene rings is 1. The van der Waals surface area contributed by atoms with Crippen LogP contribution in [-0.4, -0.2) is 21.9 Å². The summed E-state index contributed by atoms with van der Waals surface area (Å²) in [5.41, 5.74) is 7.03. The van der Waals surface area contributed by atoms with Crippen LogP contribution >= 0.6 is 15.9 Å². The van der Waals surface area contributed by atoms with Gasteiger partial charge in [-0.05, 0) is 35.0 Å². The van der Waals surface area contributed by atoms with E-state index < -0.39 is 6.04 Å². The molecule has 0 saturated carbocycles. The van der Waals surface area contributed by atoms with Crippen molar-refractivity contribution in [2.45, 2.75) is 13.0 Å². The molecule has 90 valence electrons. The molecule has 17 heavy (non-hydrogen) atoms. The fraction of sp³-hybridized carbons (Fsp3) is 0.200. The number of aromatic amines is 2. The Balaban J connectivity index is 2.43. The van der Waals surface area contributed by atoms with E-state index >= 15 is 0 Å². The van der Waals surface area contributed by atoms with Gasteiger partial charge in [-0.25, -0.2) is 4.79 Å². The van der Waals surface area contributed by atoms with E-state index in [1.54, 1.807) is 19.1 Å². The van der Waals surface area contributed by atoms with Crippen molar-refractivity contribution < 1.29 is 4.79 Å². The quantitative estimate of drug-likeness (QED) is 0.662. The van der Waals surface area contributed by atoms with Gasteiger partial charge >= 0.3 is 5.69 Å². The smallest absolute Gasteiger partial charge is 0.323 e. The summed E-state index contributed by atoms with van der Waals surface area (Å²) in [6, 6.07) is 2.78. The van der Waals surface area contributed by atoms with Crippen molar-refractivity contribution in [3.8, 4) is 0 Å². The number of nitrogens with two attached hydrogens (primary N) is 1. The number of hydrogen-bond donors (Lipinski definition) is 4. The minimum absolute atomic E-state index is 0.289. The Morgan fingerprint density at radius 2 is 2.00 bits per heavy atom. The van der Waals surface area contributed by atoms with Gasteiger partial charge in [-0.1, -0.05) is 0 Å². The van der Waals surface area contributed by atoms with Gasteiger partial charge in [0, 0.05) is 4.47 Å². The zero-order valence-corrected chi connectivity index (χ0v) is 10.6. The molecule has 1 amide bonds. The Hall–Kier alpha value is -1.60. The number of nitrogens with one attached hydrogen (secondary N) is 3. The summed E-state index contributed by atoms with van der Waals surface area (Å²) in [6.45, 7) is 1.60. The summed E-state index contributed by atoms with van der Waals surface area (Å²) in [4.78, 5) is 27.8. The number of anilines is 1. The van der Waals surface area contributed by atoms with Gasteiger partial charge in [0.25, 0.3) is 0 Å². The molecule has 0 aliphatic heterocycles. The Morgan fingerprint density at radius 1 is 1.41 bits per heavy atom. The number of H-pyrrole nitrogens is 2. The van der Waals surface area contributed by atoms with Crippen LogP contribution in [0.3, 0.4) is 0 Å². The number of imidazole rings is 1. The van der Waals surface area contributed by atoms with E-state index in [0.29, 0.717) is 21.2 Å². The standard InChI is InChI=1S/C10H11BrN4O2/c1-4(12)9(16)13-6-3-8-7(2-5(6)11)14-10(17)15-8/h2-4H,12H2,1H3,(H,13,16)(H2,14,15,17)/t4-/m1/s1. The third-order valence-corrected chi connectivity index (χ3v) is 2.93. The molecule has 1 aromatic carbocycles. The van der Waals surface area contributed by atoms with Gasteiger partial charge < -0.3 is 21.0 Å². The summed E-state index contributed by atoms with van der Waals surface area (Å²) in [7, 11) is 0. The lowest BCUT2D eigenvalue weighted by Gasteiger charge is -2.09. The van der Waals surface area contributed by atoms with Gasteiger partial charge in [-0.3, -0.25) is 4.79 Å². The first-order valence-electron chi connectivity index (χ1n) is 4.95. The Kier molecular flexibility index (Phi) is 3.03. The molecule has 5 N–H and O–H groups in total.